The highest BCUT2D eigenvalue weighted by molar-refractivity contribution is 6.60. The number of unbranched alkanes of at least 4 members (excludes halogenated alkanes) is 1. The maximum Gasteiger partial charge on any atom is 0.500 e. The zero-order chi connectivity index (χ0) is 22.5. The fraction of sp³-hybridized carbons (Fsp3) is 0.609. The summed E-state index contributed by atoms with van der Waals surface area (Å²) in [7, 11) is -2.68. The second-order valence-electron chi connectivity index (χ2n) is 7.34. The zero-order valence-electron chi connectivity index (χ0n) is 19.6. The van der Waals surface area contributed by atoms with Crippen LogP contribution in [0.4, 0.5) is 10.5 Å². The number of fused-ring (bicyclic) bond motifs is 1. The quantitative estimate of drug-likeness (QED) is 0.330. The maximum absolute atomic E-state index is 13.1. The molecule has 0 bridgehead atoms. The van der Waals surface area contributed by atoms with Crippen LogP contribution in [0.3, 0.4) is 0 Å². The number of rotatable bonds is 14. The summed E-state index contributed by atoms with van der Waals surface area (Å²) in [4.78, 5) is 13.1. The monoisotopic (exact) mass is 449 g/mol. The number of anilines is 1. The molecule has 1 N–H and O–H groups in total. The van der Waals surface area contributed by atoms with Gasteiger partial charge in [0.05, 0.1) is 12.2 Å². The van der Waals surface area contributed by atoms with Gasteiger partial charge >= 0.3 is 14.8 Å². The summed E-state index contributed by atoms with van der Waals surface area (Å²) >= 11 is 0. The van der Waals surface area contributed by atoms with Gasteiger partial charge in [0.25, 0.3) is 0 Å². The summed E-state index contributed by atoms with van der Waals surface area (Å²) in [6.07, 6.45) is 6.93. The van der Waals surface area contributed by atoms with Crippen LogP contribution in [-0.4, -0.2) is 59.3 Å². The predicted octanol–water partition coefficient (Wildman–Crippen LogP) is 4.69. The van der Waals surface area contributed by atoms with Gasteiger partial charge in [-0.25, -0.2) is 9.80 Å². The Labute approximate surface area is 188 Å². The number of nitrogens with one attached hydrogen (secondary N) is 1. The van der Waals surface area contributed by atoms with Gasteiger partial charge in [0.1, 0.15) is 0 Å². The third-order valence-electron chi connectivity index (χ3n) is 5.07. The topological polar surface area (TPSA) is 63.3 Å². The van der Waals surface area contributed by atoms with Gasteiger partial charge in [-0.05, 0) is 45.2 Å². The number of hydrazine groups is 1. The van der Waals surface area contributed by atoms with E-state index in [1.807, 2.05) is 37.9 Å². The van der Waals surface area contributed by atoms with Gasteiger partial charge in [-0.3, -0.25) is 5.01 Å². The van der Waals surface area contributed by atoms with Crippen LogP contribution in [0.5, 0.6) is 0 Å². The number of urea groups is 1. The normalized spacial score (nSPS) is 13.2. The van der Waals surface area contributed by atoms with Crippen molar-refractivity contribution in [3.8, 4) is 0 Å². The highest BCUT2D eigenvalue weighted by Gasteiger charge is 2.39. The lowest BCUT2D eigenvalue weighted by Crippen LogP contribution is -2.53. The molecule has 0 radical (unpaired) electrons. The second-order valence-corrected chi connectivity index (χ2v) is 10.1. The van der Waals surface area contributed by atoms with Crippen molar-refractivity contribution in [3.63, 3.8) is 0 Å². The van der Waals surface area contributed by atoms with Crippen LogP contribution in [0, 0.1) is 0 Å². The molecule has 7 nitrogen and oxygen atoms in total. The Morgan fingerprint density at radius 2 is 1.74 bits per heavy atom. The molecule has 0 spiro atoms. The first-order valence-corrected chi connectivity index (χ1v) is 13.5. The predicted molar refractivity (Wildman–Crippen MR) is 128 cm³/mol. The van der Waals surface area contributed by atoms with E-state index in [4.69, 9.17) is 13.3 Å². The number of carbonyl (C=O) groups is 1. The summed E-state index contributed by atoms with van der Waals surface area (Å²) in [5.74, 6) is 0. The summed E-state index contributed by atoms with van der Waals surface area (Å²) in [6.45, 7) is 11.6. The van der Waals surface area contributed by atoms with Crippen LogP contribution in [0.15, 0.2) is 30.3 Å². The molecule has 0 unspecified atom stereocenters. The number of hydrogen-bond donors (Lipinski definition) is 1. The van der Waals surface area contributed by atoms with Crippen LogP contribution >= 0.6 is 0 Å². The molecule has 1 aliphatic heterocycles. The van der Waals surface area contributed by atoms with E-state index in [2.05, 4.69) is 41.5 Å². The molecule has 1 aromatic rings. The minimum atomic E-state index is -2.68. The Bertz CT molecular complexity index is 684. The van der Waals surface area contributed by atoms with Crippen molar-refractivity contribution in [1.29, 1.82) is 0 Å². The summed E-state index contributed by atoms with van der Waals surface area (Å²) in [5, 5.41) is 7.00. The lowest BCUT2D eigenvalue weighted by Gasteiger charge is -2.38. The van der Waals surface area contributed by atoms with Gasteiger partial charge in [0.2, 0.25) is 0 Å². The molecule has 1 aromatic carbocycles. The lowest BCUT2D eigenvalue weighted by molar-refractivity contribution is 0.0708. The molecule has 0 aromatic heterocycles. The van der Waals surface area contributed by atoms with Crippen molar-refractivity contribution in [2.45, 2.75) is 53.0 Å². The Kier molecular flexibility index (Phi) is 11.1. The fourth-order valence-electron chi connectivity index (χ4n) is 3.70. The van der Waals surface area contributed by atoms with Gasteiger partial charge in [0.15, 0.2) is 0 Å². The third-order valence-corrected chi connectivity index (χ3v) is 8.22. The van der Waals surface area contributed by atoms with Crippen molar-refractivity contribution in [2.75, 3.05) is 44.5 Å². The smallest absolute Gasteiger partial charge is 0.374 e. The average Bonchev–Trinajstić information content (AvgIpc) is 2.77. The van der Waals surface area contributed by atoms with E-state index in [0.717, 1.165) is 30.5 Å². The average molecular weight is 450 g/mol. The van der Waals surface area contributed by atoms with Crippen LogP contribution in [0.2, 0.25) is 6.04 Å². The molecule has 0 atom stereocenters. The van der Waals surface area contributed by atoms with Gasteiger partial charge in [-0.2, -0.15) is 0 Å². The third kappa shape index (κ3) is 7.35. The molecule has 1 heterocycles. The number of benzene rings is 1. The van der Waals surface area contributed by atoms with Crippen LogP contribution in [-0.2, 0) is 13.3 Å². The lowest BCUT2D eigenvalue weighted by atomic mass is 10.1. The number of hydrogen-bond acceptors (Lipinski definition) is 5. The SMILES string of the molecule is CCCCN(C(=O)NCCC[Si](OCC)(OCC)OCC)N1CC=Cc2ccccc21. The van der Waals surface area contributed by atoms with Crippen molar-refractivity contribution in [1.82, 2.24) is 10.3 Å². The largest absolute Gasteiger partial charge is 0.500 e. The molecule has 0 saturated carbocycles. The first-order chi connectivity index (χ1) is 15.1. The molecule has 0 saturated heterocycles. The Morgan fingerprint density at radius 1 is 1.06 bits per heavy atom. The molecule has 174 valence electrons. The van der Waals surface area contributed by atoms with E-state index in [0.29, 0.717) is 45.5 Å². The Morgan fingerprint density at radius 3 is 2.39 bits per heavy atom. The molecular weight excluding hydrogens is 410 g/mol. The maximum atomic E-state index is 13.1. The van der Waals surface area contributed by atoms with E-state index in [1.165, 1.54) is 0 Å². The first kappa shape index (κ1) is 25.4. The minimum Gasteiger partial charge on any atom is -0.374 e. The van der Waals surface area contributed by atoms with Crippen molar-refractivity contribution < 1.29 is 18.1 Å². The van der Waals surface area contributed by atoms with Gasteiger partial charge in [-0.15, -0.1) is 0 Å². The molecule has 0 aliphatic carbocycles. The Hall–Kier alpha value is -1.87. The summed E-state index contributed by atoms with van der Waals surface area (Å²) < 4.78 is 17.7. The van der Waals surface area contributed by atoms with E-state index >= 15 is 0 Å². The first-order valence-electron chi connectivity index (χ1n) is 11.6. The van der Waals surface area contributed by atoms with Crippen LogP contribution < -0.4 is 10.3 Å². The molecule has 31 heavy (non-hydrogen) atoms. The van der Waals surface area contributed by atoms with Gasteiger partial charge < -0.3 is 18.6 Å². The fourth-order valence-corrected chi connectivity index (χ4v) is 6.31. The van der Waals surface area contributed by atoms with Crippen molar-refractivity contribution >= 4 is 26.6 Å². The van der Waals surface area contributed by atoms with Crippen molar-refractivity contribution in [3.05, 3.63) is 35.9 Å². The van der Waals surface area contributed by atoms with E-state index in [9.17, 15) is 4.79 Å². The zero-order valence-corrected chi connectivity index (χ0v) is 20.6. The van der Waals surface area contributed by atoms with Crippen LogP contribution in [0.25, 0.3) is 6.08 Å². The van der Waals surface area contributed by atoms with E-state index < -0.39 is 8.80 Å². The standard InChI is InChI=1S/C23H39N3O4Si/c1-5-9-18-26(25-19-12-15-21-14-10-11-16-22(21)25)23(27)24-17-13-20-31(28-6-2,29-7-3)30-8-4/h10-12,14-16H,5-9,13,17-20H2,1-4H3,(H,24,27). The molecular formula is C23H39N3O4Si. The number of amides is 2. The highest BCUT2D eigenvalue weighted by atomic mass is 28.4. The second kappa shape index (κ2) is 13.5. The molecule has 2 amide bonds. The van der Waals surface area contributed by atoms with Gasteiger partial charge in [-0.1, -0.05) is 43.7 Å². The van der Waals surface area contributed by atoms with Gasteiger partial charge in [0, 0.05) is 39.0 Å². The number of para-hydroxylation sites is 1. The van der Waals surface area contributed by atoms with Crippen LogP contribution in [0.1, 0.15) is 52.5 Å². The molecule has 1 aliphatic rings. The minimum absolute atomic E-state index is 0.0740. The molecule has 8 heteroatoms. The molecule has 0 fully saturated rings. The van der Waals surface area contributed by atoms with E-state index in [-0.39, 0.29) is 6.03 Å². The number of carbonyl (C=O) groups excluding carboxylic acids is 1. The highest BCUT2D eigenvalue weighted by Crippen LogP contribution is 2.27. The molecule has 2 rings (SSSR count). The summed E-state index contributed by atoms with van der Waals surface area (Å²) in [6, 6.07) is 8.79. The number of nitrogens with zero attached hydrogens (tertiary/aromatic N) is 2. The summed E-state index contributed by atoms with van der Waals surface area (Å²) in [5.41, 5.74) is 2.19. The Balaban J connectivity index is 1.99. The van der Waals surface area contributed by atoms with E-state index in [1.54, 1.807) is 0 Å². The van der Waals surface area contributed by atoms with Crippen molar-refractivity contribution in [2.24, 2.45) is 0 Å².